The molecule has 0 amide bonds. The molecular weight excluding hydrogens is 311 g/mol. The van der Waals surface area contributed by atoms with Gasteiger partial charge >= 0.3 is 0 Å². The molecule has 1 unspecified atom stereocenters. The average Bonchev–Trinajstić information content (AvgIpc) is 2.48. The zero-order valence-corrected chi connectivity index (χ0v) is 13.8. The lowest BCUT2D eigenvalue weighted by Crippen LogP contribution is -2.31. The number of hydrogen-bond acceptors (Lipinski definition) is 1. The van der Waals surface area contributed by atoms with Gasteiger partial charge in [0.1, 0.15) is 0 Å². The summed E-state index contributed by atoms with van der Waals surface area (Å²) in [7, 11) is 0. The molecule has 126 valence electrons. The van der Waals surface area contributed by atoms with E-state index in [1.807, 2.05) is 13.0 Å². The number of anilines is 1. The summed E-state index contributed by atoms with van der Waals surface area (Å²) in [6.07, 6.45) is 1.97. The minimum absolute atomic E-state index is 0.00753. The molecule has 0 aliphatic carbocycles. The maximum atomic E-state index is 12.9. The summed E-state index contributed by atoms with van der Waals surface area (Å²) in [5.41, 5.74) is 6.88. The van der Waals surface area contributed by atoms with Gasteiger partial charge in [-0.25, -0.2) is 0 Å². The largest absolute Gasteiger partial charge is 0.399 e. The van der Waals surface area contributed by atoms with Crippen LogP contribution in [0.1, 0.15) is 38.2 Å². The van der Waals surface area contributed by atoms with Crippen LogP contribution in [0.5, 0.6) is 0 Å². The zero-order chi connectivity index (χ0) is 16.6. The normalized spacial score (nSPS) is 13.3. The molecule has 22 heavy (non-hydrogen) atoms. The Bertz CT molecular complexity index is 437. The predicted octanol–water partition coefficient (Wildman–Crippen LogP) is 5.56. The van der Waals surface area contributed by atoms with Crippen LogP contribution >= 0.6 is 11.6 Å². The first-order valence-electron chi connectivity index (χ1n) is 7.71. The Balaban J connectivity index is 2.81. The second-order valence-electron chi connectivity index (χ2n) is 5.96. The molecule has 1 atom stereocenters. The third kappa shape index (κ3) is 5.08. The van der Waals surface area contributed by atoms with Gasteiger partial charge < -0.3 is 5.73 Å². The van der Waals surface area contributed by atoms with Crippen molar-refractivity contribution in [3.8, 4) is 0 Å². The highest BCUT2D eigenvalue weighted by atomic mass is 35.5. The van der Waals surface area contributed by atoms with Crippen molar-refractivity contribution in [2.24, 2.45) is 11.3 Å². The molecule has 0 spiro atoms. The summed E-state index contributed by atoms with van der Waals surface area (Å²) in [4.78, 5) is 0. The SMILES string of the molecule is CC(CCc1cc(Cl)ccc1N)C(CCF)(CCF)CCF. The van der Waals surface area contributed by atoms with Gasteiger partial charge in [-0.15, -0.1) is 0 Å². The summed E-state index contributed by atoms with van der Waals surface area (Å²) < 4.78 is 38.7. The molecule has 0 radical (unpaired) electrons. The first-order valence-corrected chi connectivity index (χ1v) is 8.08. The highest BCUT2D eigenvalue weighted by Crippen LogP contribution is 2.42. The molecule has 1 nitrogen and oxygen atoms in total. The van der Waals surface area contributed by atoms with Crippen LogP contribution in [-0.2, 0) is 6.42 Å². The lowest BCUT2D eigenvalue weighted by atomic mass is 9.68. The lowest BCUT2D eigenvalue weighted by Gasteiger charge is -2.38. The van der Waals surface area contributed by atoms with Crippen LogP contribution < -0.4 is 5.73 Å². The number of alkyl halides is 3. The number of benzene rings is 1. The number of nitrogen functional groups attached to an aromatic ring is 1. The van der Waals surface area contributed by atoms with Gasteiger partial charge in [0, 0.05) is 10.7 Å². The van der Waals surface area contributed by atoms with Crippen LogP contribution in [0, 0.1) is 11.3 Å². The lowest BCUT2D eigenvalue weighted by molar-refractivity contribution is 0.0865. The monoisotopic (exact) mass is 335 g/mol. The number of halogens is 4. The average molecular weight is 336 g/mol. The predicted molar refractivity (Wildman–Crippen MR) is 87.6 cm³/mol. The minimum Gasteiger partial charge on any atom is -0.399 e. The Labute approximate surface area is 136 Å². The Morgan fingerprint density at radius 1 is 1.09 bits per heavy atom. The summed E-state index contributed by atoms with van der Waals surface area (Å²) >= 11 is 5.97. The summed E-state index contributed by atoms with van der Waals surface area (Å²) in [6.45, 7) is 0.290. The fourth-order valence-electron chi connectivity index (χ4n) is 3.15. The van der Waals surface area contributed by atoms with Crippen LogP contribution in [0.15, 0.2) is 18.2 Å². The Kier molecular flexibility index (Phi) is 8.08. The number of aryl methyl sites for hydroxylation is 1. The van der Waals surface area contributed by atoms with Crippen molar-refractivity contribution in [3.63, 3.8) is 0 Å². The molecule has 0 aliphatic rings. The molecule has 0 bridgehead atoms. The van der Waals surface area contributed by atoms with Crippen molar-refractivity contribution >= 4 is 17.3 Å². The fourth-order valence-corrected chi connectivity index (χ4v) is 3.34. The van der Waals surface area contributed by atoms with E-state index in [4.69, 9.17) is 17.3 Å². The maximum Gasteiger partial charge on any atom is 0.0899 e. The van der Waals surface area contributed by atoms with Crippen LogP contribution in [-0.4, -0.2) is 20.0 Å². The van der Waals surface area contributed by atoms with Crippen LogP contribution in [0.4, 0.5) is 18.9 Å². The third-order valence-corrected chi connectivity index (χ3v) is 5.01. The van der Waals surface area contributed by atoms with Gasteiger partial charge in [0.2, 0.25) is 0 Å². The number of hydrogen-bond donors (Lipinski definition) is 1. The van der Waals surface area contributed by atoms with Gasteiger partial charge in [0.15, 0.2) is 0 Å². The standard InChI is InChI=1S/C17H25ClF3N/c1-13(17(6-9-19,7-10-20)8-11-21)2-3-14-12-15(18)4-5-16(14)22/h4-5,12-13H,2-3,6-11,22H2,1H3. The smallest absolute Gasteiger partial charge is 0.0899 e. The molecule has 0 fully saturated rings. The Hall–Kier alpha value is -0.900. The van der Waals surface area contributed by atoms with Crippen molar-refractivity contribution in [2.45, 2.75) is 39.0 Å². The molecule has 0 aromatic heterocycles. The van der Waals surface area contributed by atoms with Crippen LogP contribution in [0.3, 0.4) is 0 Å². The van der Waals surface area contributed by atoms with Crippen molar-refractivity contribution in [1.29, 1.82) is 0 Å². The fraction of sp³-hybridized carbons (Fsp3) is 0.647. The first kappa shape index (κ1) is 19.1. The second kappa shape index (κ2) is 9.29. The van der Waals surface area contributed by atoms with Crippen LogP contribution in [0.25, 0.3) is 0 Å². The third-order valence-electron chi connectivity index (χ3n) is 4.77. The molecule has 0 heterocycles. The van der Waals surface area contributed by atoms with Gasteiger partial charge in [-0.2, -0.15) is 0 Å². The van der Waals surface area contributed by atoms with Crippen molar-refractivity contribution in [1.82, 2.24) is 0 Å². The summed E-state index contributed by atoms with van der Waals surface area (Å²) in [5.74, 6) is 0.00753. The van der Waals surface area contributed by atoms with E-state index < -0.39 is 25.4 Å². The zero-order valence-electron chi connectivity index (χ0n) is 13.1. The quantitative estimate of drug-likeness (QED) is 0.557. The summed E-state index contributed by atoms with van der Waals surface area (Å²) in [5, 5.41) is 0.611. The van der Waals surface area contributed by atoms with E-state index >= 15 is 0 Å². The van der Waals surface area contributed by atoms with E-state index in [2.05, 4.69) is 0 Å². The number of nitrogens with two attached hydrogens (primary N) is 1. The molecule has 1 aromatic rings. The van der Waals surface area contributed by atoms with E-state index in [1.54, 1.807) is 12.1 Å². The van der Waals surface area contributed by atoms with Gasteiger partial charge in [0.05, 0.1) is 20.0 Å². The van der Waals surface area contributed by atoms with Crippen molar-refractivity contribution in [3.05, 3.63) is 28.8 Å². The molecule has 0 aliphatic heterocycles. The highest BCUT2D eigenvalue weighted by Gasteiger charge is 2.35. The Morgan fingerprint density at radius 2 is 1.64 bits per heavy atom. The molecule has 0 saturated heterocycles. The van der Waals surface area contributed by atoms with E-state index in [0.29, 0.717) is 23.6 Å². The summed E-state index contributed by atoms with van der Waals surface area (Å²) in [6, 6.07) is 5.29. The van der Waals surface area contributed by atoms with E-state index in [0.717, 1.165) is 5.56 Å². The van der Waals surface area contributed by atoms with Gasteiger partial charge in [0.25, 0.3) is 0 Å². The maximum absolute atomic E-state index is 12.9. The van der Waals surface area contributed by atoms with E-state index in [1.165, 1.54) is 0 Å². The van der Waals surface area contributed by atoms with Gasteiger partial charge in [-0.05, 0) is 67.2 Å². The minimum atomic E-state index is -0.619. The first-order chi connectivity index (χ1) is 10.5. The molecule has 0 saturated carbocycles. The van der Waals surface area contributed by atoms with E-state index in [9.17, 15) is 13.2 Å². The molecule has 1 rings (SSSR count). The topological polar surface area (TPSA) is 26.0 Å². The van der Waals surface area contributed by atoms with Crippen molar-refractivity contribution in [2.75, 3.05) is 25.8 Å². The van der Waals surface area contributed by atoms with Crippen LogP contribution in [0.2, 0.25) is 5.02 Å². The van der Waals surface area contributed by atoms with E-state index in [-0.39, 0.29) is 25.2 Å². The van der Waals surface area contributed by atoms with Gasteiger partial charge in [-0.1, -0.05) is 18.5 Å². The molecular formula is C17H25ClF3N. The van der Waals surface area contributed by atoms with Crippen molar-refractivity contribution < 1.29 is 13.2 Å². The van der Waals surface area contributed by atoms with Gasteiger partial charge in [-0.3, -0.25) is 13.2 Å². The Morgan fingerprint density at radius 3 is 2.14 bits per heavy atom. The number of rotatable bonds is 10. The highest BCUT2D eigenvalue weighted by molar-refractivity contribution is 6.30. The molecule has 5 heteroatoms. The molecule has 1 aromatic carbocycles. The molecule has 2 N–H and O–H groups in total. The second-order valence-corrected chi connectivity index (χ2v) is 6.40.